The second-order valence-corrected chi connectivity index (χ2v) is 3.68. The van der Waals surface area contributed by atoms with E-state index in [1.165, 1.54) is 12.5 Å². The third-order valence-electron chi connectivity index (χ3n) is 2.40. The number of aromatic amines is 1. The minimum atomic E-state index is -0.526. The van der Waals surface area contributed by atoms with Crippen LogP contribution in [0.4, 0.5) is 5.69 Å². The molecule has 0 aliphatic carbocycles. The number of H-pyrrole nitrogens is 1. The van der Waals surface area contributed by atoms with Crippen LogP contribution in [0.15, 0.2) is 41.6 Å². The topological polar surface area (TPSA) is 84.1 Å². The van der Waals surface area contributed by atoms with Crippen LogP contribution in [0.2, 0.25) is 0 Å². The fourth-order valence-electron chi connectivity index (χ4n) is 1.55. The van der Waals surface area contributed by atoms with Gasteiger partial charge < -0.3 is 15.0 Å². The highest BCUT2D eigenvalue weighted by atomic mass is 16.5. The zero-order valence-corrected chi connectivity index (χ0v) is 10.3. The molecule has 19 heavy (non-hydrogen) atoms. The summed E-state index contributed by atoms with van der Waals surface area (Å²) in [6, 6.07) is 7.02. The highest BCUT2D eigenvalue weighted by Gasteiger charge is 2.12. The van der Waals surface area contributed by atoms with Gasteiger partial charge in [0.25, 0.3) is 11.5 Å². The van der Waals surface area contributed by atoms with Crippen molar-refractivity contribution in [2.45, 2.75) is 6.92 Å². The van der Waals surface area contributed by atoms with Gasteiger partial charge in [-0.05, 0) is 19.1 Å². The maximum Gasteiger partial charge on any atom is 0.263 e. The van der Waals surface area contributed by atoms with Crippen LogP contribution in [-0.2, 0) is 0 Å². The van der Waals surface area contributed by atoms with Crippen molar-refractivity contribution in [3.8, 4) is 5.75 Å². The molecular formula is C13H13N3O3. The number of hydrogen-bond acceptors (Lipinski definition) is 4. The molecule has 0 spiro atoms. The highest BCUT2D eigenvalue weighted by Crippen LogP contribution is 2.23. The fraction of sp³-hybridized carbons (Fsp3) is 0.154. The summed E-state index contributed by atoms with van der Waals surface area (Å²) in [4.78, 5) is 29.5. The molecular weight excluding hydrogens is 246 g/mol. The van der Waals surface area contributed by atoms with Crippen LogP contribution in [0.5, 0.6) is 5.75 Å². The molecule has 0 aliphatic heterocycles. The lowest BCUT2D eigenvalue weighted by Gasteiger charge is -2.10. The maximum atomic E-state index is 12.0. The van der Waals surface area contributed by atoms with E-state index in [-0.39, 0.29) is 5.56 Å². The van der Waals surface area contributed by atoms with Crippen LogP contribution in [0.1, 0.15) is 17.3 Å². The Bertz CT molecular complexity index is 637. The van der Waals surface area contributed by atoms with Gasteiger partial charge >= 0.3 is 0 Å². The van der Waals surface area contributed by atoms with Crippen molar-refractivity contribution < 1.29 is 9.53 Å². The molecule has 0 unspecified atom stereocenters. The van der Waals surface area contributed by atoms with Gasteiger partial charge in [0.05, 0.1) is 18.6 Å². The van der Waals surface area contributed by atoms with Gasteiger partial charge in [0.1, 0.15) is 11.3 Å². The Labute approximate surface area is 109 Å². The van der Waals surface area contributed by atoms with E-state index in [9.17, 15) is 9.59 Å². The monoisotopic (exact) mass is 259 g/mol. The van der Waals surface area contributed by atoms with Gasteiger partial charge in [0.15, 0.2) is 0 Å². The Balaban J connectivity index is 2.25. The van der Waals surface area contributed by atoms with Gasteiger partial charge in [-0.3, -0.25) is 9.59 Å². The minimum absolute atomic E-state index is 0.0474. The number of amides is 1. The molecule has 1 aromatic heterocycles. The van der Waals surface area contributed by atoms with Crippen molar-refractivity contribution in [1.29, 1.82) is 0 Å². The van der Waals surface area contributed by atoms with Crippen molar-refractivity contribution >= 4 is 11.6 Å². The number of hydrogen-bond donors (Lipinski definition) is 2. The van der Waals surface area contributed by atoms with Crippen LogP contribution in [0, 0.1) is 0 Å². The molecule has 1 aromatic carbocycles. The van der Waals surface area contributed by atoms with E-state index in [1.54, 1.807) is 24.3 Å². The summed E-state index contributed by atoms with van der Waals surface area (Å²) in [5, 5.41) is 2.63. The molecule has 98 valence electrons. The number of carbonyl (C=O) groups excluding carboxylic acids is 1. The average Bonchev–Trinajstić information content (AvgIpc) is 2.41. The summed E-state index contributed by atoms with van der Waals surface area (Å²) in [6.45, 7) is 2.34. The molecule has 2 N–H and O–H groups in total. The van der Waals surface area contributed by atoms with E-state index in [1.807, 2.05) is 6.92 Å². The number of nitrogens with zero attached hydrogens (tertiary/aromatic N) is 1. The highest BCUT2D eigenvalue weighted by molar-refractivity contribution is 6.04. The molecule has 2 aromatic rings. The molecule has 0 saturated heterocycles. The van der Waals surface area contributed by atoms with Crippen LogP contribution in [0.3, 0.4) is 0 Å². The normalized spacial score (nSPS) is 9.95. The van der Waals surface area contributed by atoms with Gasteiger partial charge in [-0.1, -0.05) is 12.1 Å². The Morgan fingerprint density at radius 2 is 2.21 bits per heavy atom. The number of benzene rings is 1. The first kappa shape index (κ1) is 12.8. The molecule has 0 saturated carbocycles. The van der Waals surface area contributed by atoms with Crippen molar-refractivity contribution in [1.82, 2.24) is 9.97 Å². The Morgan fingerprint density at radius 3 is 2.95 bits per heavy atom. The van der Waals surface area contributed by atoms with Gasteiger partial charge in [-0.25, -0.2) is 4.98 Å². The van der Waals surface area contributed by atoms with Crippen molar-refractivity contribution in [3.05, 3.63) is 52.7 Å². The predicted octanol–water partition coefficient (Wildman–Crippen LogP) is 1.42. The SMILES string of the molecule is CCOc1ccccc1NC(=O)c1cnc[nH]c1=O. The first-order valence-corrected chi connectivity index (χ1v) is 5.78. The maximum absolute atomic E-state index is 12.0. The number of ether oxygens (including phenoxy) is 1. The molecule has 2 rings (SSSR count). The number of carbonyl (C=O) groups is 1. The zero-order valence-electron chi connectivity index (χ0n) is 10.3. The van der Waals surface area contributed by atoms with E-state index in [0.717, 1.165) is 0 Å². The molecule has 6 heteroatoms. The third kappa shape index (κ3) is 2.98. The Morgan fingerprint density at radius 1 is 1.42 bits per heavy atom. The molecule has 0 bridgehead atoms. The summed E-state index contributed by atoms with van der Waals surface area (Å²) in [5.74, 6) is 0.0279. The standard InChI is InChI=1S/C13H13N3O3/c1-2-19-11-6-4-3-5-10(11)16-13(18)9-7-14-8-15-12(9)17/h3-8H,2H2,1H3,(H,16,18)(H,14,15,17). The van der Waals surface area contributed by atoms with Gasteiger partial charge in [-0.2, -0.15) is 0 Å². The Kier molecular flexibility index (Phi) is 3.92. The largest absolute Gasteiger partial charge is 0.492 e. The fourth-order valence-corrected chi connectivity index (χ4v) is 1.55. The van der Waals surface area contributed by atoms with Crippen molar-refractivity contribution in [2.24, 2.45) is 0 Å². The smallest absolute Gasteiger partial charge is 0.263 e. The van der Waals surface area contributed by atoms with Crippen LogP contribution >= 0.6 is 0 Å². The van der Waals surface area contributed by atoms with Crippen molar-refractivity contribution in [3.63, 3.8) is 0 Å². The lowest BCUT2D eigenvalue weighted by molar-refractivity contribution is 0.102. The molecule has 0 fully saturated rings. The first-order chi connectivity index (χ1) is 9.22. The predicted molar refractivity (Wildman–Crippen MR) is 70.4 cm³/mol. The second-order valence-electron chi connectivity index (χ2n) is 3.68. The second kappa shape index (κ2) is 5.81. The van der Waals surface area contributed by atoms with Gasteiger partial charge in [0.2, 0.25) is 0 Å². The summed E-state index contributed by atoms with van der Waals surface area (Å²) >= 11 is 0. The summed E-state index contributed by atoms with van der Waals surface area (Å²) < 4.78 is 5.39. The first-order valence-electron chi connectivity index (χ1n) is 5.78. The summed E-state index contributed by atoms with van der Waals surface area (Å²) in [5.41, 5.74) is -0.0206. The average molecular weight is 259 g/mol. The molecule has 0 radical (unpaired) electrons. The number of para-hydroxylation sites is 2. The Hall–Kier alpha value is -2.63. The van der Waals surface area contributed by atoms with Crippen LogP contribution in [0.25, 0.3) is 0 Å². The van der Waals surface area contributed by atoms with Crippen LogP contribution < -0.4 is 15.6 Å². The van der Waals surface area contributed by atoms with Crippen molar-refractivity contribution in [2.75, 3.05) is 11.9 Å². The van der Waals surface area contributed by atoms with E-state index in [2.05, 4.69) is 15.3 Å². The molecule has 6 nitrogen and oxygen atoms in total. The lowest BCUT2D eigenvalue weighted by atomic mass is 10.2. The minimum Gasteiger partial charge on any atom is -0.492 e. The van der Waals surface area contributed by atoms with E-state index in [4.69, 9.17) is 4.74 Å². The van der Waals surface area contributed by atoms with Gasteiger partial charge in [-0.15, -0.1) is 0 Å². The lowest BCUT2D eigenvalue weighted by Crippen LogP contribution is -2.23. The van der Waals surface area contributed by atoms with Crippen LogP contribution in [-0.4, -0.2) is 22.5 Å². The number of anilines is 1. The number of nitrogens with one attached hydrogen (secondary N) is 2. The van der Waals surface area contributed by atoms with E-state index < -0.39 is 11.5 Å². The molecule has 0 atom stereocenters. The quantitative estimate of drug-likeness (QED) is 0.869. The van der Waals surface area contributed by atoms with Gasteiger partial charge in [0, 0.05) is 6.20 Å². The summed E-state index contributed by atoms with van der Waals surface area (Å²) in [7, 11) is 0. The molecule has 0 aliphatic rings. The zero-order chi connectivity index (χ0) is 13.7. The van der Waals surface area contributed by atoms with E-state index in [0.29, 0.717) is 18.0 Å². The number of aromatic nitrogens is 2. The molecule has 1 heterocycles. The summed E-state index contributed by atoms with van der Waals surface area (Å²) in [6.07, 6.45) is 2.45. The number of rotatable bonds is 4. The molecule has 1 amide bonds. The third-order valence-corrected chi connectivity index (χ3v) is 2.40. The van der Waals surface area contributed by atoms with E-state index >= 15 is 0 Å².